The van der Waals surface area contributed by atoms with Gasteiger partial charge in [-0.3, -0.25) is 0 Å². The molecule has 1 atom stereocenters. The summed E-state index contributed by atoms with van der Waals surface area (Å²) < 4.78 is 14.9. The number of hydrogen-bond acceptors (Lipinski definition) is 3. The van der Waals surface area contributed by atoms with Crippen LogP contribution < -0.4 is 25.5 Å². The Hall–Kier alpha value is -7.80. The van der Waals surface area contributed by atoms with Crippen LogP contribution in [0.3, 0.4) is 0 Å². The van der Waals surface area contributed by atoms with E-state index in [0.717, 1.165) is 17.1 Å². The van der Waals surface area contributed by atoms with E-state index in [2.05, 4.69) is 229 Å². The first-order valence-corrected chi connectivity index (χ1v) is 26.5. The van der Waals surface area contributed by atoms with Gasteiger partial charge in [-0.25, -0.2) is 0 Å². The van der Waals surface area contributed by atoms with Gasteiger partial charge in [0.2, 0.25) is 0 Å². The minimum Gasteiger partial charge on any atom is -0.458 e. The third-order valence-electron chi connectivity index (χ3n) is 14.5. The highest BCUT2D eigenvalue weighted by Gasteiger charge is 2.49. The number of thiophene rings is 2. The first kappa shape index (κ1) is 37.4. The Kier molecular flexibility index (Phi) is 7.88. The quantitative estimate of drug-likeness (QED) is 0.127. The Morgan fingerprint density at radius 2 is 1.03 bits per heavy atom. The molecule has 0 radical (unpaired) electrons. The molecule has 312 valence electrons. The summed E-state index contributed by atoms with van der Waals surface area (Å²) >= 11 is 3.80. The average molecular weight is 904 g/mol. The van der Waals surface area contributed by atoms with E-state index in [4.69, 9.17) is 4.74 Å². The molecule has 0 saturated carbocycles. The summed E-state index contributed by atoms with van der Waals surface area (Å²) in [7, 11) is -3.15. The molecular weight excluding hydrogens is 867 g/mol. The van der Waals surface area contributed by atoms with Crippen LogP contribution in [0.5, 0.6) is 11.5 Å². The van der Waals surface area contributed by atoms with Crippen LogP contribution >= 0.6 is 22.7 Å². The summed E-state index contributed by atoms with van der Waals surface area (Å²) in [6.07, 6.45) is 0. The monoisotopic (exact) mass is 903 g/mol. The molecule has 4 heterocycles. The Balaban J connectivity index is 1.02. The lowest BCUT2D eigenvalue weighted by Gasteiger charge is -2.40. The van der Waals surface area contributed by atoms with Crippen molar-refractivity contribution in [2.75, 3.05) is 0 Å². The highest BCUT2D eigenvalue weighted by Crippen LogP contribution is 2.43. The van der Waals surface area contributed by atoms with Crippen molar-refractivity contribution in [2.45, 2.75) is 0 Å². The van der Waals surface area contributed by atoms with Crippen molar-refractivity contribution in [1.29, 1.82) is 0 Å². The molecular formula is C62H37NOS2Si. The van der Waals surface area contributed by atoms with E-state index >= 15 is 0 Å². The second-order valence-corrected chi connectivity index (χ2v) is 23.7. The van der Waals surface area contributed by atoms with Gasteiger partial charge in [0.05, 0.1) is 11.0 Å². The van der Waals surface area contributed by atoms with E-state index in [1.54, 1.807) is 0 Å². The molecule has 15 rings (SSSR count). The fourth-order valence-electron chi connectivity index (χ4n) is 11.7. The fourth-order valence-corrected chi connectivity index (χ4v) is 19.5. The normalized spacial score (nSPS) is 14.7. The number of nitrogens with zero attached hydrogens (tertiary/aromatic N) is 1. The van der Waals surface area contributed by atoms with Gasteiger partial charge in [-0.05, 0) is 108 Å². The Labute approximate surface area is 394 Å². The largest absolute Gasteiger partial charge is 0.458 e. The van der Waals surface area contributed by atoms with E-state index < -0.39 is 8.07 Å². The minimum atomic E-state index is -3.15. The number of aromatic nitrogens is 1. The summed E-state index contributed by atoms with van der Waals surface area (Å²) in [5.74, 6) is 1.87. The van der Waals surface area contributed by atoms with Gasteiger partial charge in [0.1, 0.15) is 11.5 Å². The molecule has 0 aliphatic carbocycles. The maximum absolute atomic E-state index is 7.20. The van der Waals surface area contributed by atoms with Crippen molar-refractivity contribution in [2.24, 2.45) is 0 Å². The number of ether oxygens (including phenoxy) is 1. The highest BCUT2D eigenvalue weighted by atomic mass is 32.1. The van der Waals surface area contributed by atoms with E-state index in [0.29, 0.717) is 0 Å². The summed E-state index contributed by atoms with van der Waals surface area (Å²) in [6.45, 7) is 0. The fraction of sp³-hybridized carbons (Fsp3) is 0. The summed E-state index contributed by atoms with van der Waals surface area (Å²) in [5, 5.41) is 18.1. The lowest BCUT2D eigenvalue weighted by Crippen LogP contribution is -2.76. The van der Waals surface area contributed by atoms with E-state index in [1.807, 2.05) is 22.7 Å². The first-order chi connectivity index (χ1) is 33.2. The van der Waals surface area contributed by atoms with Gasteiger partial charge in [-0.15, -0.1) is 22.7 Å². The van der Waals surface area contributed by atoms with Crippen molar-refractivity contribution in [3.05, 3.63) is 224 Å². The molecule has 14 aromatic rings. The lowest BCUT2D eigenvalue weighted by molar-refractivity contribution is 0.487. The van der Waals surface area contributed by atoms with E-state index in [1.165, 1.54) is 116 Å². The Morgan fingerprint density at radius 1 is 0.373 bits per heavy atom. The molecule has 5 heteroatoms. The zero-order chi connectivity index (χ0) is 43.8. The number of hydrogen-bond donors (Lipinski definition) is 0. The predicted octanol–water partition coefficient (Wildman–Crippen LogP) is 15.0. The van der Waals surface area contributed by atoms with Crippen LogP contribution in [0, 0.1) is 0 Å². The number of rotatable bonds is 4. The molecule has 3 aromatic heterocycles. The van der Waals surface area contributed by atoms with Crippen LogP contribution in [0.2, 0.25) is 0 Å². The second-order valence-electron chi connectivity index (χ2n) is 17.9. The molecule has 1 aliphatic rings. The Morgan fingerprint density at radius 3 is 1.91 bits per heavy atom. The topological polar surface area (TPSA) is 14.2 Å². The maximum Gasteiger partial charge on any atom is 0.189 e. The number of benzene rings is 11. The van der Waals surface area contributed by atoms with Crippen molar-refractivity contribution < 1.29 is 4.74 Å². The zero-order valence-corrected chi connectivity index (χ0v) is 38.7. The average Bonchev–Trinajstić information content (AvgIpc) is 4.07. The third kappa shape index (κ3) is 5.24. The van der Waals surface area contributed by atoms with Gasteiger partial charge in [0.15, 0.2) is 8.07 Å². The van der Waals surface area contributed by atoms with Gasteiger partial charge in [-0.1, -0.05) is 170 Å². The van der Waals surface area contributed by atoms with Crippen molar-refractivity contribution in [3.63, 3.8) is 0 Å². The van der Waals surface area contributed by atoms with Gasteiger partial charge in [-0.2, -0.15) is 0 Å². The van der Waals surface area contributed by atoms with Crippen LogP contribution in [-0.4, -0.2) is 12.6 Å². The van der Waals surface area contributed by atoms with Crippen molar-refractivity contribution >= 4 is 135 Å². The molecule has 0 saturated heterocycles. The smallest absolute Gasteiger partial charge is 0.189 e. The predicted molar refractivity (Wildman–Crippen MR) is 291 cm³/mol. The number of para-hydroxylation sites is 3. The second kappa shape index (κ2) is 14.1. The molecule has 0 bridgehead atoms. The molecule has 0 fully saturated rings. The molecule has 11 aromatic carbocycles. The third-order valence-corrected chi connectivity index (χ3v) is 21.9. The van der Waals surface area contributed by atoms with Gasteiger partial charge in [0, 0.05) is 56.8 Å². The van der Waals surface area contributed by atoms with E-state index in [9.17, 15) is 0 Å². The molecule has 0 spiro atoms. The molecule has 0 amide bonds. The summed E-state index contributed by atoms with van der Waals surface area (Å²) in [4.78, 5) is 0. The molecule has 1 aliphatic heterocycles. The van der Waals surface area contributed by atoms with Gasteiger partial charge < -0.3 is 9.30 Å². The zero-order valence-electron chi connectivity index (χ0n) is 36.0. The van der Waals surface area contributed by atoms with Crippen LogP contribution in [0.15, 0.2) is 224 Å². The van der Waals surface area contributed by atoms with Gasteiger partial charge in [0.25, 0.3) is 0 Å². The van der Waals surface area contributed by atoms with Crippen LogP contribution in [0.25, 0.3) is 101 Å². The standard InChI is InChI=1S/C62H37NOS2Si/c1-2-14-43-38(13-1)27-28-39-35-42(31-32-44(39)43)67(58-25-10-8-22-53(58)64-54-36-40(29-34-59(54)67)45-18-11-24-57-61(45)49-17-5-9-23-55(49)65-57)60-26-12-19-48-50-37-41(30-33-56(50)66-62(48)60)63-51-20-6-3-15-46(51)47-16-4-7-21-52(47)63/h1-37H. The highest BCUT2D eigenvalue weighted by molar-refractivity contribution is 7.31. The van der Waals surface area contributed by atoms with Crippen LogP contribution in [0.4, 0.5) is 0 Å². The molecule has 67 heavy (non-hydrogen) atoms. The molecule has 0 N–H and O–H groups in total. The summed E-state index contributed by atoms with van der Waals surface area (Å²) in [6, 6.07) is 84.1. The summed E-state index contributed by atoms with van der Waals surface area (Å²) in [5.41, 5.74) is 6.01. The van der Waals surface area contributed by atoms with Crippen LogP contribution in [-0.2, 0) is 0 Å². The molecule has 2 nitrogen and oxygen atoms in total. The van der Waals surface area contributed by atoms with Crippen molar-refractivity contribution in [3.8, 4) is 28.3 Å². The minimum absolute atomic E-state index is 0.934. The van der Waals surface area contributed by atoms with Gasteiger partial charge >= 0.3 is 0 Å². The van der Waals surface area contributed by atoms with Crippen molar-refractivity contribution in [1.82, 2.24) is 4.57 Å². The Bertz CT molecular complexity index is 4350. The molecule has 1 unspecified atom stereocenters. The number of fused-ring (bicyclic) bond motifs is 14. The maximum atomic E-state index is 7.20. The van der Waals surface area contributed by atoms with E-state index in [-0.39, 0.29) is 0 Å². The lowest BCUT2D eigenvalue weighted by atomic mass is 9.99. The van der Waals surface area contributed by atoms with Crippen LogP contribution in [0.1, 0.15) is 0 Å². The SMILES string of the molecule is c1ccc2c(c1)Oc1cc(-c3cccc4sc5ccccc5c34)ccc1[Si]2(c1ccc2c(ccc3ccccc32)c1)c1cccc2c1sc1ccc(-n3c4ccccc4c4ccccc43)cc12. The first-order valence-electron chi connectivity index (χ1n) is 22.9.